The fourth-order valence-corrected chi connectivity index (χ4v) is 2.39. The second-order valence-electron chi connectivity index (χ2n) is 4.22. The van der Waals surface area contributed by atoms with Crippen molar-refractivity contribution in [2.75, 3.05) is 6.61 Å². The summed E-state index contributed by atoms with van der Waals surface area (Å²) < 4.78 is 14.1. The Balaban J connectivity index is 2.22. The molecule has 0 bridgehead atoms. The van der Waals surface area contributed by atoms with Crippen LogP contribution in [-0.2, 0) is 0 Å². The van der Waals surface area contributed by atoms with E-state index in [1.807, 2.05) is 18.2 Å². The molecule has 3 nitrogen and oxygen atoms in total. The van der Waals surface area contributed by atoms with E-state index in [9.17, 15) is 14.3 Å². The van der Waals surface area contributed by atoms with E-state index in [0.717, 1.165) is 5.56 Å². The summed E-state index contributed by atoms with van der Waals surface area (Å²) in [7, 11) is 0. The van der Waals surface area contributed by atoms with E-state index in [0.29, 0.717) is 4.47 Å². The van der Waals surface area contributed by atoms with Gasteiger partial charge in [-0.2, -0.15) is 0 Å². The molecule has 0 aliphatic heterocycles. The van der Waals surface area contributed by atoms with Crippen LogP contribution in [-0.4, -0.2) is 17.6 Å². The number of amides is 1. The van der Waals surface area contributed by atoms with Crippen LogP contribution in [0, 0.1) is 5.82 Å². The molecule has 0 aliphatic rings. The molecule has 5 heteroatoms. The van der Waals surface area contributed by atoms with Crippen LogP contribution in [0.5, 0.6) is 0 Å². The van der Waals surface area contributed by atoms with Gasteiger partial charge in [-0.1, -0.05) is 36.4 Å². The summed E-state index contributed by atoms with van der Waals surface area (Å²) in [5.74, 6) is -1.18. The number of carbonyl (C=O) groups excluding carboxylic acids is 1. The molecular formula is C15H13BrFNO2. The van der Waals surface area contributed by atoms with Crippen molar-refractivity contribution in [3.8, 4) is 0 Å². The molecule has 2 aromatic rings. The van der Waals surface area contributed by atoms with Gasteiger partial charge in [-0.3, -0.25) is 4.79 Å². The third-order valence-electron chi connectivity index (χ3n) is 2.88. The van der Waals surface area contributed by atoms with Gasteiger partial charge in [-0.25, -0.2) is 4.39 Å². The number of hydrogen-bond acceptors (Lipinski definition) is 2. The molecule has 1 atom stereocenters. The van der Waals surface area contributed by atoms with Gasteiger partial charge >= 0.3 is 0 Å². The molecule has 0 fully saturated rings. The highest BCUT2D eigenvalue weighted by Gasteiger charge is 2.19. The van der Waals surface area contributed by atoms with Gasteiger partial charge in [0.15, 0.2) is 0 Å². The molecule has 20 heavy (non-hydrogen) atoms. The van der Waals surface area contributed by atoms with Gasteiger partial charge in [0.1, 0.15) is 5.82 Å². The van der Waals surface area contributed by atoms with Crippen LogP contribution in [0.15, 0.2) is 53.0 Å². The molecule has 104 valence electrons. The zero-order valence-corrected chi connectivity index (χ0v) is 12.1. The molecule has 2 rings (SSSR count). The molecule has 0 heterocycles. The zero-order chi connectivity index (χ0) is 14.5. The molecule has 0 radical (unpaired) electrons. The van der Waals surface area contributed by atoms with Crippen molar-refractivity contribution >= 4 is 21.8 Å². The molecular weight excluding hydrogens is 325 g/mol. The Hall–Kier alpha value is -1.72. The van der Waals surface area contributed by atoms with Crippen LogP contribution in [0.3, 0.4) is 0 Å². The minimum atomic E-state index is -0.610. The lowest BCUT2D eigenvalue weighted by Gasteiger charge is -2.17. The third-order valence-corrected chi connectivity index (χ3v) is 3.54. The Labute approximate surface area is 124 Å². The first-order valence-corrected chi connectivity index (χ1v) is 6.83. The summed E-state index contributed by atoms with van der Waals surface area (Å²) in [6.07, 6.45) is 0. The molecule has 2 aromatic carbocycles. The van der Waals surface area contributed by atoms with E-state index in [-0.39, 0.29) is 12.2 Å². The molecule has 0 aliphatic carbocycles. The summed E-state index contributed by atoms with van der Waals surface area (Å²) >= 11 is 3.15. The Morgan fingerprint density at radius 2 is 1.90 bits per heavy atom. The van der Waals surface area contributed by atoms with Crippen LogP contribution < -0.4 is 5.32 Å². The first-order chi connectivity index (χ1) is 9.63. The number of nitrogens with one attached hydrogen (secondary N) is 1. The average molecular weight is 338 g/mol. The van der Waals surface area contributed by atoms with Crippen molar-refractivity contribution in [1.82, 2.24) is 5.32 Å². The van der Waals surface area contributed by atoms with Gasteiger partial charge in [0.2, 0.25) is 0 Å². The largest absolute Gasteiger partial charge is 0.394 e. The summed E-state index contributed by atoms with van der Waals surface area (Å²) in [6, 6.07) is 12.8. The second kappa shape index (κ2) is 6.63. The number of rotatable bonds is 4. The maximum atomic E-state index is 13.7. The summed E-state index contributed by atoms with van der Waals surface area (Å²) in [4.78, 5) is 12.1. The number of aliphatic hydroxyl groups is 1. The number of halogens is 2. The van der Waals surface area contributed by atoms with Gasteiger partial charge < -0.3 is 10.4 Å². The van der Waals surface area contributed by atoms with Crippen LogP contribution in [0.1, 0.15) is 22.0 Å². The SMILES string of the molecule is O=C(N[C@H](CO)c1ccccc1)c1c(F)cccc1Br. The monoisotopic (exact) mass is 337 g/mol. The highest BCUT2D eigenvalue weighted by Crippen LogP contribution is 2.21. The predicted molar refractivity (Wildman–Crippen MR) is 77.8 cm³/mol. The van der Waals surface area contributed by atoms with Gasteiger partial charge in [0.05, 0.1) is 18.2 Å². The Kier molecular flexibility index (Phi) is 4.87. The molecule has 0 unspecified atom stereocenters. The van der Waals surface area contributed by atoms with Crippen molar-refractivity contribution in [2.24, 2.45) is 0 Å². The van der Waals surface area contributed by atoms with Crippen molar-refractivity contribution in [2.45, 2.75) is 6.04 Å². The smallest absolute Gasteiger partial charge is 0.255 e. The summed E-state index contributed by atoms with van der Waals surface area (Å²) in [5, 5.41) is 12.0. The van der Waals surface area contributed by atoms with Crippen molar-refractivity contribution in [3.63, 3.8) is 0 Å². The van der Waals surface area contributed by atoms with E-state index >= 15 is 0 Å². The number of aliphatic hydroxyl groups excluding tert-OH is 1. The lowest BCUT2D eigenvalue weighted by atomic mass is 10.1. The normalized spacial score (nSPS) is 11.9. The Bertz CT molecular complexity index is 584. The van der Waals surface area contributed by atoms with E-state index in [2.05, 4.69) is 21.2 Å². The summed E-state index contributed by atoms with van der Waals surface area (Å²) in [6.45, 7) is -0.262. The predicted octanol–water partition coefficient (Wildman–Crippen LogP) is 3.05. The van der Waals surface area contributed by atoms with Crippen molar-refractivity contribution in [3.05, 3.63) is 69.9 Å². The van der Waals surface area contributed by atoms with E-state index in [4.69, 9.17) is 0 Å². The molecule has 2 N–H and O–H groups in total. The first-order valence-electron chi connectivity index (χ1n) is 6.04. The Morgan fingerprint density at radius 1 is 1.20 bits per heavy atom. The molecule has 0 saturated carbocycles. The van der Waals surface area contributed by atoms with E-state index in [1.54, 1.807) is 18.2 Å². The minimum absolute atomic E-state index is 0.0677. The number of carbonyl (C=O) groups is 1. The minimum Gasteiger partial charge on any atom is -0.394 e. The molecule has 1 amide bonds. The van der Waals surface area contributed by atoms with Crippen LogP contribution in [0.4, 0.5) is 4.39 Å². The third kappa shape index (κ3) is 3.23. The van der Waals surface area contributed by atoms with Crippen molar-refractivity contribution in [1.29, 1.82) is 0 Å². The van der Waals surface area contributed by atoms with E-state index < -0.39 is 17.8 Å². The summed E-state index contributed by atoms with van der Waals surface area (Å²) in [5.41, 5.74) is 0.692. The van der Waals surface area contributed by atoms with Gasteiger partial charge in [0, 0.05) is 4.47 Å². The maximum Gasteiger partial charge on any atom is 0.255 e. The topological polar surface area (TPSA) is 49.3 Å². The fourth-order valence-electron chi connectivity index (χ4n) is 1.86. The quantitative estimate of drug-likeness (QED) is 0.900. The highest BCUT2D eigenvalue weighted by atomic mass is 79.9. The van der Waals surface area contributed by atoms with E-state index in [1.165, 1.54) is 12.1 Å². The molecule has 0 saturated heterocycles. The maximum absolute atomic E-state index is 13.7. The van der Waals surface area contributed by atoms with Gasteiger partial charge in [-0.15, -0.1) is 0 Å². The Morgan fingerprint density at radius 3 is 2.50 bits per heavy atom. The number of benzene rings is 2. The highest BCUT2D eigenvalue weighted by molar-refractivity contribution is 9.10. The lowest BCUT2D eigenvalue weighted by molar-refractivity contribution is 0.0911. The standard InChI is InChI=1S/C15H13BrFNO2/c16-11-7-4-8-12(17)14(11)15(20)18-13(9-19)10-5-2-1-3-6-10/h1-8,13,19H,9H2,(H,18,20)/t13-/m1/s1. The van der Waals surface area contributed by atoms with Gasteiger partial charge in [-0.05, 0) is 33.6 Å². The fraction of sp³-hybridized carbons (Fsp3) is 0.133. The lowest BCUT2D eigenvalue weighted by Crippen LogP contribution is -2.31. The van der Waals surface area contributed by atoms with Crippen LogP contribution in [0.25, 0.3) is 0 Å². The first kappa shape index (κ1) is 14.7. The number of hydrogen-bond donors (Lipinski definition) is 2. The average Bonchev–Trinajstić information content (AvgIpc) is 2.45. The zero-order valence-electron chi connectivity index (χ0n) is 10.5. The van der Waals surface area contributed by atoms with Crippen molar-refractivity contribution < 1.29 is 14.3 Å². The molecule has 0 spiro atoms. The van der Waals surface area contributed by atoms with Crippen LogP contribution >= 0.6 is 15.9 Å². The van der Waals surface area contributed by atoms with Crippen LogP contribution in [0.2, 0.25) is 0 Å². The molecule has 0 aromatic heterocycles. The van der Waals surface area contributed by atoms with Gasteiger partial charge in [0.25, 0.3) is 5.91 Å². The second-order valence-corrected chi connectivity index (χ2v) is 5.07.